The van der Waals surface area contributed by atoms with Gasteiger partial charge >= 0.3 is 0 Å². The Bertz CT molecular complexity index is 150. The SMILES string of the molecule is COCCCN(N)/C=C(\N)COC. The maximum absolute atomic E-state index is 5.61. The van der Waals surface area contributed by atoms with Crippen LogP contribution < -0.4 is 11.6 Å². The van der Waals surface area contributed by atoms with Crippen LogP contribution in [0.5, 0.6) is 0 Å². The number of nitrogens with two attached hydrogens (primary N) is 2. The van der Waals surface area contributed by atoms with Crippen molar-refractivity contribution in [2.45, 2.75) is 6.42 Å². The standard InChI is InChI=1S/C8H19N3O2/c1-12-5-3-4-11(10)6-8(9)7-13-2/h6H,3-5,7,9-10H2,1-2H3/b8-6-. The fourth-order valence-corrected chi connectivity index (χ4v) is 0.873. The van der Waals surface area contributed by atoms with Crippen LogP contribution in [0.15, 0.2) is 11.9 Å². The van der Waals surface area contributed by atoms with Gasteiger partial charge in [0.1, 0.15) is 0 Å². The first kappa shape index (κ1) is 12.2. The third-order valence-corrected chi connectivity index (χ3v) is 1.41. The van der Waals surface area contributed by atoms with Gasteiger partial charge < -0.3 is 20.2 Å². The molecule has 0 aromatic heterocycles. The minimum absolute atomic E-state index is 0.401. The number of hydrogen-bond donors (Lipinski definition) is 2. The van der Waals surface area contributed by atoms with Crippen LogP contribution in [0, 0.1) is 0 Å². The highest BCUT2D eigenvalue weighted by Crippen LogP contribution is 1.90. The first-order valence-electron chi connectivity index (χ1n) is 4.16. The summed E-state index contributed by atoms with van der Waals surface area (Å²) in [5.41, 5.74) is 6.19. The molecule has 0 spiro atoms. The summed E-state index contributed by atoms with van der Waals surface area (Å²) in [5.74, 6) is 5.61. The predicted octanol–water partition coefficient (Wildman–Crippen LogP) is -0.355. The highest BCUT2D eigenvalue weighted by molar-refractivity contribution is 4.94. The molecule has 0 aliphatic rings. The molecule has 0 saturated carbocycles. The summed E-state index contributed by atoms with van der Waals surface area (Å²) in [7, 11) is 3.25. The van der Waals surface area contributed by atoms with Crippen molar-refractivity contribution in [1.29, 1.82) is 0 Å². The molecule has 0 bridgehead atoms. The molecule has 0 heterocycles. The van der Waals surface area contributed by atoms with Crippen LogP contribution in [0.4, 0.5) is 0 Å². The minimum atomic E-state index is 0.401. The molecular formula is C8H19N3O2. The molecule has 0 fully saturated rings. The summed E-state index contributed by atoms with van der Waals surface area (Å²) in [6, 6.07) is 0. The van der Waals surface area contributed by atoms with E-state index >= 15 is 0 Å². The Morgan fingerprint density at radius 2 is 2.08 bits per heavy atom. The maximum Gasteiger partial charge on any atom is 0.0871 e. The van der Waals surface area contributed by atoms with E-state index in [9.17, 15) is 0 Å². The summed E-state index contributed by atoms with van der Waals surface area (Å²) in [6.45, 7) is 1.82. The van der Waals surface area contributed by atoms with E-state index in [-0.39, 0.29) is 0 Å². The zero-order valence-corrected chi connectivity index (χ0v) is 8.32. The number of methoxy groups -OCH3 is 2. The number of nitrogens with zero attached hydrogens (tertiary/aromatic N) is 1. The van der Waals surface area contributed by atoms with Crippen molar-refractivity contribution < 1.29 is 9.47 Å². The van der Waals surface area contributed by atoms with Crippen LogP contribution >= 0.6 is 0 Å². The van der Waals surface area contributed by atoms with Gasteiger partial charge in [-0.3, -0.25) is 0 Å². The van der Waals surface area contributed by atoms with Gasteiger partial charge in [0.05, 0.1) is 12.3 Å². The Balaban J connectivity index is 3.58. The molecule has 0 rings (SSSR count). The third kappa shape index (κ3) is 7.58. The second-order valence-electron chi connectivity index (χ2n) is 2.72. The summed E-state index contributed by atoms with van der Waals surface area (Å²) >= 11 is 0. The second-order valence-corrected chi connectivity index (χ2v) is 2.72. The quantitative estimate of drug-likeness (QED) is 0.325. The van der Waals surface area contributed by atoms with Crippen LogP contribution in [0.3, 0.4) is 0 Å². The molecular weight excluding hydrogens is 170 g/mol. The van der Waals surface area contributed by atoms with Gasteiger partial charge in [0.2, 0.25) is 0 Å². The van der Waals surface area contributed by atoms with Gasteiger partial charge in [-0.1, -0.05) is 0 Å². The van der Waals surface area contributed by atoms with Gasteiger partial charge in [0, 0.05) is 33.6 Å². The lowest BCUT2D eigenvalue weighted by atomic mass is 10.4. The molecule has 0 unspecified atom stereocenters. The fourth-order valence-electron chi connectivity index (χ4n) is 0.873. The summed E-state index contributed by atoms with van der Waals surface area (Å²) < 4.78 is 9.72. The van der Waals surface area contributed by atoms with E-state index in [0.29, 0.717) is 18.9 Å². The maximum atomic E-state index is 5.61. The first-order chi connectivity index (χ1) is 6.20. The predicted molar refractivity (Wildman–Crippen MR) is 51.5 cm³/mol. The molecule has 0 aliphatic carbocycles. The summed E-state index contributed by atoms with van der Waals surface area (Å²) in [4.78, 5) is 0. The Labute approximate surface area is 79.2 Å². The molecule has 0 amide bonds. The average Bonchev–Trinajstić information content (AvgIpc) is 2.05. The van der Waals surface area contributed by atoms with Gasteiger partial charge in [-0.25, -0.2) is 5.84 Å². The molecule has 0 aromatic rings. The van der Waals surface area contributed by atoms with Crippen molar-refractivity contribution >= 4 is 0 Å². The van der Waals surface area contributed by atoms with E-state index in [1.165, 1.54) is 5.01 Å². The van der Waals surface area contributed by atoms with E-state index in [0.717, 1.165) is 13.0 Å². The smallest absolute Gasteiger partial charge is 0.0871 e. The molecule has 0 aliphatic heterocycles. The van der Waals surface area contributed by atoms with Crippen molar-refractivity contribution in [1.82, 2.24) is 5.01 Å². The number of hydrogen-bond acceptors (Lipinski definition) is 5. The lowest BCUT2D eigenvalue weighted by Crippen LogP contribution is -2.28. The van der Waals surface area contributed by atoms with E-state index in [4.69, 9.17) is 21.1 Å². The molecule has 5 nitrogen and oxygen atoms in total. The third-order valence-electron chi connectivity index (χ3n) is 1.41. The van der Waals surface area contributed by atoms with Crippen molar-refractivity contribution in [2.24, 2.45) is 11.6 Å². The molecule has 0 radical (unpaired) electrons. The Morgan fingerprint density at radius 1 is 1.38 bits per heavy atom. The van der Waals surface area contributed by atoms with Crippen LogP contribution in [0.2, 0.25) is 0 Å². The number of ether oxygens (including phenoxy) is 2. The van der Waals surface area contributed by atoms with Crippen LogP contribution in [0.1, 0.15) is 6.42 Å². The van der Waals surface area contributed by atoms with Crippen molar-refractivity contribution in [2.75, 3.05) is 34.0 Å². The lowest BCUT2D eigenvalue weighted by molar-refractivity contribution is 0.182. The minimum Gasteiger partial charge on any atom is -0.399 e. The highest BCUT2D eigenvalue weighted by atomic mass is 16.5. The van der Waals surface area contributed by atoms with Gasteiger partial charge in [-0.05, 0) is 6.42 Å². The largest absolute Gasteiger partial charge is 0.399 e. The number of rotatable bonds is 7. The summed E-state index contributed by atoms with van der Waals surface area (Å²) in [6.07, 6.45) is 2.54. The lowest BCUT2D eigenvalue weighted by Gasteiger charge is -2.14. The number of hydrazine groups is 1. The summed E-state index contributed by atoms with van der Waals surface area (Å²) in [5, 5.41) is 1.54. The second kappa shape index (κ2) is 7.85. The molecule has 78 valence electrons. The van der Waals surface area contributed by atoms with E-state index in [1.807, 2.05) is 0 Å². The van der Waals surface area contributed by atoms with E-state index in [2.05, 4.69) is 0 Å². The Morgan fingerprint density at radius 3 is 2.62 bits per heavy atom. The van der Waals surface area contributed by atoms with Crippen molar-refractivity contribution in [3.63, 3.8) is 0 Å². The molecule has 4 N–H and O–H groups in total. The van der Waals surface area contributed by atoms with Crippen LogP contribution in [-0.2, 0) is 9.47 Å². The van der Waals surface area contributed by atoms with Crippen LogP contribution in [0.25, 0.3) is 0 Å². The Kier molecular flexibility index (Phi) is 7.38. The van der Waals surface area contributed by atoms with Crippen molar-refractivity contribution in [3.05, 3.63) is 11.9 Å². The van der Waals surface area contributed by atoms with E-state index in [1.54, 1.807) is 20.4 Å². The molecule has 13 heavy (non-hydrogen) atoms. The zero-order valence-electron chi connectivity index (χ0n) is 8.32. The molecule has 0 aromatic carbocycles. The molecule has 0 atom stereocenters. The normalized spacial score (nSPS) is 11.8. The van der Waals surface area contributed by atoms with E-state index < -0.39 is 0 Å². The van der Waals surface area contributed by atoms with Gasteiger partial charge in [0.25, 0.3) is 0 Å². The van der Waals surface area contributed by atoms with Crippen LogP contribution in [-0.4, -0.2) is 39.0 Å². The van der Waals surface area contributed by atoms with Gasteiger partial charge in [-0.15, -0.1) is 0 Å². The monoisotopic (exact) mass is 189 g/mol. The van der Waals surface area contributed by atoms with Crippen molar-refractivity contribution in [3.8, 4) is 0 Å². The fraction of sp³-hybridized carbons (Fsp3) is 0.750. The first-order valence-corrected chi connectivity index (χ1v) is 4.16. The zero-order chi connectivity index (χ0) is 10.1. The average molecular weight is 189 g/mol. The highest BCUT2D eigenvalue weighted by Gasteiger charge is 1.94. The van der Waals surface area contributed by atoms with Gasteiger partial charge in [-0.2, -0.15) is 0 Å². The molecule has 5 heteroatoms. The topological polar surface area (TPSA) is 73.7 Å². The van der Waals surface area contributed by atoms with Gasteiger partial charge in [0.15, 0.2) is 0 Å². The Hall–Kier alpha value is -0.780. The molecule has 0 saturated heterocycles.